The summed E-state index contributed by atoms with van der Waals surface area (Å²) in [6.07, 6.45) is 4.19. The lowest BCUT2D eigenvalue weighted by atomic mass is 10.2. The van der Waals surface area contributed by atoms with Gasteiger partial charge in [0, 0.05) is 13.0 Å². The molecule has 2 N–H and O–H groups in total. The van der Waals surface area contributed by atoms with Crippen LogP contribution in [0.4, 0.5) is 0 Å². The molecule has 1 saturated heterocycles. The van der Waals surface area contributed by atoms with Crippen LogP contribution in [0.15, 0.2) is 0 Å². The second kappa shape index (κ2) is 6.86. The van der Waals surface area contributed by atoms with Crippen LogP contribution >= 0.6 is 0 Å². The van der Waals surface area contributed by atoms with Crippen LogP contribution in [0, 0.1) is 5.92 Å². The first-order valence-corrected chi connectivity index (χ1v) is 6.88. The van der Waals surface area contributed by atoms with Crippen molar-refractivity contribution >= 4 is 11.9 Å². The molecule has 2 unspecified atom stereocenters. The number of aliphatic carboxylic acids is 1. The molecule has 2 atom stereocenters. The minimum atomic E-state index is -0.948. The number of ether oxygens (including phenoxy) is 2. The molecule has 0 spiro atoms. The molecular weight excluding hydrogens is 250 g/mol. The van der Waals surface area contributed by atoms with Gasteiger partial charge in [-0.05, 0) is 31.6 Å². The van der Waals surface area contributed by atoms with Crippen molar-refractivity contribution in [3.63, 3.8) is 0 Å². The van der Waals surface area contributed by atoms with Gasteiger partial charge in [0.1, 0.15) is 6.04 Å². The molecule has 1 saturated carbocycles. The molecule has 2 fully saturated rings. The second-order valence-corrected chi connectivity index (χ2v) is 5.18. The van der Waals surface area contributed by atoms with Crippen LogP contribution in [0.2, 0.25) is 0 Å². The lowest BCUT2D eigenvalue weighted by Crippen LogP contribution is -2.42. The van der Waals surface area contributed by atoms with Crippen LogP contribution in [0.1, 0.15) is 32.1 Å². The summed E-state index contributed by atoms with van der Waals surface area (Å²) in [6, 6.07) is -0.731. The summed E-state index contributed by atoms with van der Waals surface area (Å²) in [4.78, 5) is 22.6. The zero-order chi connectivity index (χ0) is 13.7. The molecule has 0 bridgehead atoms. The van der Waals surface area contributed by atoms with E-state index in [4.69, 9.17) is 14.6 Å². The Kier molecular flexibility index (Phi) is 5.15. The van der Waals surface area contributed by atoms with E-state index in [9.17, 15) is 9.59 Å². The highest BCUT2D eigenvalue weighted by molar-refractivity contribution is 5.84. The van der Waals surface area contributed by atoms with Gasteiger partial charge < -0.3 is 19.9 Å². The van der Waals surface area contributed by atoms with E-state index in [-0.39, 0.29) is 24.3 Å². The van der Waals surface area contributed by atoms with Crippen molar-refractivity contribution in [3.8, 4) is 0 Å². The lowest BCUT2D eigenvalue weighted by molar-refractivity contribution is -0.142. The van der Waals surface area contributed by atoms with Crippen molar-refractivity contribution < 1.29 is 24.2 Å². The van der Waals surface area contributed by atoms with Crippen molar-refractivity contribution in [2.75, 3.05) is 19.8 Å². The van der Waals surface area contributed by atoms with Crippen LogP contribution in [0.5, 0.6) is 0 Å². The molecule has 2 aliphatic rings. The van der Waals surface area contributed by atoms with Crippen molar-refractivity contribution in [1.82, 2.24) is 5.32 Å². The maximum Gasteiger partial charge on any atom is 0.326 e. The maximum atomic E-state index is 11.6. The van der Waals surface area contributed by atoms with E-state index in [0.717, 1.165) is 32.3 Å². The molecule has 0 radical (unpaired) electrons. The smallest absolute Gasteiger partial charge is 0.326 e. The standard InChI is InChI=1S/C13H21NO5/c15-11(14-12(13(16)17)9-3-4-9)5-7-18-8-10-2-1-6-19-10/h9-10,12H,1-8H2,(H,14,15)(H,16,17). The molecule has 6 heteroatoms. The minimum Gasteiger partial charge on any atom is -0.480 e. The Morgan fingerprint density at radius 2 is 2.16 bits per heavy atom. The average molecular weight is 271 g/mol. The van der Waals surface area contributed by atoms with Gasteiger partial charge in [-0.2, -0.15) is 0 Å². The maximum absolute atomic E-state index is 11.6. The van der Waals surface area contributed by atoms with Crippen LogP contribution in [0.3, 0.4) is 0 Å². The first-order chi connectivity index (χ1) is 9.16. The van der Waals surface area contributed by atoms with Crippen molar-refractivity contribution in [2.24, 2.45) is 5.92 Å². The van der Waals surface area contributed by atoms with E-state index in [1.807, 2.05) is 0 Å². The fourth-order valence-corrected chi connectivity index (χ4v) is 2.21. The first kappa shape index (κ1) is 14.3. The Balaban J connectivity index is 1.57. The van der Waals surface area contributed by atoms with E-state index in [1.54, 1.807) is 0 Å². The van der Waals surface area contributed by atoms with Crippen LogP contribution in [0.25, 0.3) is 0 Å². The van der Waals surface area contributed by atoms with Gasteiger partial charge in [-0.1, -0.05) is 0 Å². The third-order valence-corrected chi connectivity index (χ3v) is 3.48. The third kappa shape index (κ3) is 4.80. The summed E-state index contributed by atoms with van der Waals surface area (Å²) in [5.74, 6) is -1.10. The Labute approximate surface area is 112 Å². The van der Waals surface area contributed by atoms with Crippen LogP contribution in [-0.4, -0.2) is 48.9 Å². The fourth-order valence-electron chi connectivity index (χ4n) is 2.21. The highest BCUT2D eigenvalue weighted by atomic mass is 16.5. The summed E-state index contributed by atoms with van der Waals surface area (Å²) in [7, 11) is 0. The number of rotatable bonds is 8. The number of carbonyl (C=O) groups is 2. The average Bonchev–Trinajstić information content (AvgIpc) is 3.08. The molecule has 1 amide bonds. The largest absolute Gasteiger partial charge is 0.480 e. The number of carbonyl (C=O) groups excluding carboxylic acids is 1. The van der Waals surface area contributed by atoms with Gasteiger partial charge in [0.05, 0.1) is 19.3 Å². The predicted molar refractivity (Wildman–Crippen MR) is 66.7 cm³/mol. The van der Waals surface area contributed by atoms with E-state index >= 15 is 0 Å². The number of amides is 1. The number of hydrogen-bond acceptors (Lipinski definition) is 4. The summed E-state index contributed by atoms with van der Waals surface area (Å²) < 4.78 is 10.8. The molecular formula is C13H21NO5. The third-order valence-electron chi connectivity index (χ3n) is 3.48. The Bertz CT molecular complexity index is 323. The molecule has 1 heterocycles. The molecule has 0 aromatic carbocycles. The topological polar surface area (TPSA) is 84.9 Å². The van der Waals surface area contributed by atoms with Crippen molar-refractivity contribution in [2.45, 2.75) is 44.2 Å². The number of carboxylic acid groups (broad SMARTS) is 1. The SMILES string of the molecule is O=C(CCOCC1CCCO1)NC(C(=O)O)C1CC1. The van der Waals surface area contributed by atoms with Crippen molar-refractivity contribution in [1.29, 1.82) is 0 Å². The van der Waals surface area contributed by atoms with Crippen molar-refractivity contribution in [3.05, 3.63) is 0 Å². The summed E-state index contributed by atoms with van der Waals surface area (Å²) in [6.45, 7) is 1.61. The van der Waals surface area contributed by atoms with Gasteiger partial charge in [-0.25, -0.2) is 4.79 Å². The quantitative estimate of drug-likeness (QED) is 0.630. The molecule has 0 aromatic heterocycles. The highest BCUT2D eigenvalue weighted by Gasteiger charge is 2.37. The second-order valence-electron chi connectivity index (χ2n) is 5.18. The summed E-state index contributed by atoms with van der Waals surface area (Å²) >= 11 is 0. The molecule has 108 valence electrons. The zero-order valence-electron chi connectivity index (χ0n) is 11.0. The van der Waals surface area contributed by atoms with E-state index in [0.29, 0.717) is 13.2 Å². The first-order valence-electron chi connectivity index (χ1n) is 6.88. The fraction of sp³-hybridized carbons (Fsp3) is 0.846. The van der Waals surface area contributed by atoms with Gasteiger partial charge >= 0.3 is 5.97 Å². The van der Waals surface area contributed by atoms with Crippen LogP contribution in [-0.2, 0) is 19.1 Å². The van der Waals surface area contributed by atoms with E-state index in [1.165, 1.54) is 0 Å². The lowest BCUT2D eigenvalue weighted by Gasteiger charge is -2.14. The van der Waals surface area contributed by atoms with Gasteiger partial charge in [0.25, 0.3) is 0 Å². The minimum absolute atomic E-state index is 0.106. The summed E-state index contributed by atoms with van der Waals surface area (Å²) in [5.41, 5.74) is 0. The van der Waals surface area contributed by atoms with Crippen LogP contribution < -0.4 is 5.32 Å². The van der Waals surface area contributed by atoms with E-state index < -0.39 is 12.0 Å². The number of nitrogens with one attached hydrogen (secondary N) is 1. The van der Waals surface area contributed by atoms with E-state index in [2.05, 4.69) is 5.32 Å². The molecule has 2 rings (SSSR count). The normalized spacial score (nSPS) is 24.1. The highest BCUT2D eigenvalue weighted by Crippen LogP contribution is 2.32. The predicted octanol–water partition coefficient (Wildman–Crippen LogP) is 0.551. The zero-order valence-corrected chi connectivity index (χ0v) is 11.0. The van der Waals surface area contributed by atoms with Gasteiger partial charge in [-0.15, -0.1) is 0 Å². The monoisotopic (exact) mass is 271 g/mol. The molecule has 0 aromatic rings. The Hall–Kier alpha value is -1.14. The number of carboxylic acids is 1. The van der Waals surface area contributed by atoms with Gasteiger partial charge in [0.2, 0.25) is 5.91 Å². The molecule has 1 aliphatic carbocycles. The Morgan fingerprint density at radius 1 is 1.37 bits per heavy atom. The number of hydrogen-bond donors (Lipinski definition) is 2. The Morgan fingerprint density at radius 3 is 2.74 bits per heavy atom. The summed E-state index contributed by atoms with van der Waals surface area (Å²) in [5, 5.41) is 11.5. The van der Waals surface area contributed by atoms with Gasteiger partial charge in [0.15, 0.2) is 0 Å². The molecule has 6 nitrogen and oxygen atoms in total. The molecule has 1 aliphatic heterocycles. The molecule has 19 heavy (non-hydrogen) atoms. The van der Waals surface area contributed by atoms with Gasteiger partial charge in [-0.3, -0.25) is 4.79 Å².